The normalized spacial score (nSPS) is 17.2. The van der Waals surface area contributed by atoms with Crippen LogP contribution in [-0.2, 0) is 11.3 Å². The van der Waals surface area contributed by atoms with Crippen molar-refractivity contribution < 1.29 is 14.7 Å². The molecule has 0 bridgehead atoms. The second-order valence-electron chi connectivity index (χ2n) is 4.89. The van der Waals surface area contributed by atoms with E-state index in [0.717, 1.165) is 15.7 Å². The van der Waals surface area contributed by atoms with Gasteiger partial charge in [-0.3, -0.25) is 9.59 Å². The molecule has 0 spiro atoms. The highest BCUT2D eigenvalue weighted by atomic mass is 79.9. The van der Waals surface area contributed by atoms with Crippen molar-refractivity contribution in [3.8, 4) is 0 Å². The third-order valence-electron chi connectivity index (χ3n) is 3.62. The van der Waals surface area contributed by atoms with Gasteiger partial charge in [0.25, 0.3) is 0 Å². The molecule has 1 N–H and O–H groups in total. The zero-order valence-electron chi connectivity index (χ0n) is 10.7. The van der Waals surface area contributed by atoms with E-state index in [9.17, 15) is 14.7 Å². The van der Waals surface area contributed by atoms with Crippen molar-refractivity contribution in [2.24, 2.45) is 0 Å². The Kier molecular flexibility index (Phi) is 3.30. The molecule has 0 saturated heterocycles. The van der Waals surface area contributed by atoms with Crippen LogP contribution in [0.2, 0.25) is 0 Å². The summed E-state index contributed by atoms with van der Waals surface area (Å²) < 4.78 is 2.75. The summed E-state index contributed by atoms with van der Waals surface area (Å²) in [7, 11) is 0. The van der Waals surface area contributed by atoms with E-state index in [2.05, 4.69) is 15.9 Å². The van der Waals surface area contributed by atoms with Gasteiger partial charge in [0, 0.05) is 22.1 Å². The van der Waals surface area contributed by atoms with Crippen LogP contribution in [0.1, 0.15) is 39.0 Å². The minimum Gasteiger partial charge on any atom is -0.481 e. The van der Waals surface area contributed by atoms with Gasteiger partial charge in [0.1, 0.15) is 0 Å². The predicted octanol–water partition coefficient (Wildman–Crippen LogP) is 3.42. The lowest BCUT2D eigenvalue weighted by molar-refractivity contribution is -0.138. The zero-order valence-corrected chi connectivity index (χ0v) is 13.1. The second-order valence-corrected chi connectivity index (χ2v) is 6.72. The quantitative estimate of drug-likeness (QED) is 0.860. The Balaban J connectivity index is 2.06. The zero-order chi connectivity index (χ0) is 14.4. The minimum atomic E-state index is -0.820. The Morgan fingerprint density at radius 2 is 2.20 bits per heavy atom. The number of rotatable bonds is 3. The van der Waals surface area contributed by atoms with Crippen molar-refractivity contribution in [2.45, 2.75) is 25.8 Å². The van der Waals surface area contributed by atoms with Gasteiger partial charge >= 0.3 is 5.97 Å². The number of carbonyl (C=O) groups excluding carboxylic acids is 1. The first kappa shape index (κ1) is 13.6. The molecular formula is C14H12BrNO3S. The van der Waals surface area contributed by atoms with Gasteiger partial charge < -0.3 is 9.67 Å². The molecule has 2 aromatic heterocycles. The monoisotopic (exact) mass is 353 g/mol. The number of nitrogens with zero attached hydrogens (tertiary/aromatic N) is 1. The maximum absolute atomic E-state index is 12.6. The number of thiophene rings is 1. The van der Waals surface area contributed by atoms with Crippen LogP contribution in [0.15, 0.2) is 22.0 Å². The van der Waals surface area contributed by atoms with Crippen LogP contribution in [-0.4, -0.2) is 21.4 Å². The third kappa shape index (κ3) is 2.03. The molecule has 6 heteroatoms. The summed E-state index contributed by atoms with van der Waals surface area (Å²) in [6.45, 7) is 2.45. The van der Waals surface area contributed by atoms with Gasteiger partial charge in [-0.1, -0.05) is 0 Å². The van der Waals surface area contributed by atoms with E-state index in [4.69, 9.17) is 0 Å². The average molecular weight is 354 g/mol. The van der Waals surface area contributed by atoms with Crippen molar-refractivity contribution >= 4 is 39.0 Å². The number of hydrogen-bond acceptors (Lipinski definition) is 3. The van der Waals surface area contributed by atoms with E-state index in [1.165, 1.54) is 11.3 Å². The van der Waals surface area contributed by atoms with Crippen molar-refractivity contribution in [1.82, 2.24) is 4.57 Å². The molecule has 2 aromatic rings. The molecule has 1 aliphatic rings. The topological polar surface area (TPSA) is 59.3 Å². The molecule has 0 amide bonds. The molecule has 1 unspecified atom stereocenters. The van der Waals surface area contributed by atoms with Gasteiger partial charge in [-0.05, 0) is 47.0 Å². The molecule has 1 atom stereocenters. The van der Waals surface area contributed by atoms with E-state index in [-0.39, 0.29) is 5.78 Å². The molecule has 0 aromatic carbocycles. The number of fused-ring (bicyclic) bond motifs is 1. The first-order valence-electron chi connectivity index (χ1n) is 6.20. The summed E-state index contributed by atoms with van der Waals surface area (Å²) in [4.78, 5) is 24.5. The van der Waals surface area contributed by atoms with E-state index in [1.54, 1.807) is 6.07 Å². The largest absolute Gasteiger partial charge is 0.481 e. The van der Waals surface area contributed by atoms with Gasteiger partial charge in [0.15, 0.2) is 0 Å². The molecule has 0 fully saturated rings. The predicted molar refractivity (Wildman–Crippen MR) is 79.6 cm³/mol. The van der Waals surface area contributed by atoms with Gasteiger partial charge in [-0.25, -0.2) is 0 Å². The molecule has 104 valence electrons. The van der Waals surface area contributed by atoms with Crippen LogP contribution in [0.4, 0.5) is 0 Å². The smallest absolute Gasteiger partial charge is 0.312 e. The molecule has 0 radical (unpaired) electrons. The highest BCUT2D eigenvalue weighted by Gasteiger charge is 2.33. The SMILES string of the molecule is Cc1cc2n(c1C(=O)c1cc(Br)cs1)CCC2C(=O)O. The number of aryl methyl sites for hydroxylation is 1. The number of hydrogen-bond donors (Lipinski definition) is 1. The number of aliphatic carboxylic acids is 1. The second kappa shape index (κ2) is 4.86. The fourth-order valence-electron chi connectivity index (χ4n) is 2.75. The molecule has 4 nitrogen and oxygen atoms in total. The van der Waals surface area contributed by atoms with Crippen LogP contribution in [0, 0.1) is 6.92 Å². The lowest BCUT2D eigenvalue weighted by atomic mass is 10.0. The van der Waals surface area contributed by atoms with Crippen LogP contribution in [0.3, 0.4) is 0 Å². The van der Waals surface area contributed by atoms with E-state index in [0.29, 0.717) is 23.5 Å². The summed E-state index contributed by atoms with van der Waals surface area (Å²) in [6, 6.07) is 3.64. The Labute approximate surface area is 128 Å². The molecule has 3 rings (SSSR count). The average Bonchev–Trinajstić information content (AvgIpc) is 3.02. The molecule has 0 aliphatic carbocycles. The highest BCUT2D eigenvalue weighted by Crippen LogP contribution is 2.34. The van der Waals surface area contributed by atoms with Gasteiger partial charge in [-0.2, -0.15) is 0 Å². The van der Waals surface area contributed by atoms with E-state index in [1.807, 2.05) is 22.9 Å². The van der Waals surface area contributed by atoms with Gasteiger partial charge in [0.05, 0.1) is 16.5 Å². The molecule has 1 aliphatic heterocycles. The van der Waals surface area contributed by atoms with Crippen molar-refractivity contribution in [2.75, 3.05) is 0 Å². The number of ketones is 1. The van der Waals surface area contributed by atoms with Gasteiger partial charge in [-0.15, -0.1) is 11.3 Å². The minimum absolute atomic E-state index is 0.0320. The maximum atomic E-state index is 12.6. The van der Waals surface area contributed by atoms with Crippen LogP contribution in [0.5, 0.6) is 0 Å². The third-order valence-corrected chi connectivity index (χ3v) is 5.31. The summed E-state index contributed by atoms with van der Waals surface area (Å²) >= 11 is 4.74. The van der Waals surface area contributed by atoms with Crippen LogP contribution < -0.4 is 0 Å². The number of carboxylic acids is 1. The highest BCUT2D eigenvalue weighted by molar-refractivity contribution is 9.10. The van der Waals surface area contributed by atoms with Crippen LogP contribution >= 0.6 is 27.3 Å². The summed E-state index contributed by atoms with van der Waals surface area (Å²) in [5.74, 6) is -1.35. The van der Waals surface area contributed by atoms with Crippen molar-refractivity contribution in [3.63, 3.8) is 0 Å². The number of aromatic nitrogens is 1. The number of halogens is 1. The fourth-order valence-corrected chi connectivity index (χ4v) is 4.11. The lowest BCUT2D eigenvalue weighted by Gasteiger charge is -2.05. The fraction of sp³-hybridized carbons (Fsp3) is 0.286. The van der Waals surface area contributed by atoms with Crippen molar-refractivity contribution in [3.05, 3.63) is 43.8 Å². The first-order valence-corrected chi connectivity index (χ1v) is 7.88. The lowest BCUT2D eigenvalue weighted by Crippen LogP contribution is -2.09. The van der Waals surface area contributed by atoms with E-state index < -0.39 is 11.9 Å². The number of carboxylic acid groups (broad SMARTS) is 1. The van der Waals surface area contributed by atoms with E-state index >= 15 is 0 Å². The maximum Gasteiger partial charge on any atom is 0.312 e. The van der Waals surface area contributed by atoms with Crippen LogP contribution in [0.25, 0.3) is 0 Å². The molecule has 3 heterocycles. The Bertz CT molecular complexity index is 716. The number of carbonyl (C=O) groups is 2. The molecule has 0 saturated carbocycles. The standard InChI is InChI=1S/C14H12BrNO3S/c1-7-4-10-9(14(18)19)2-3-16(10)12(7)13(17)11-5-8(15)6-20-11/h4-6,9H,2-3H2,1H3,(H,18,19). The Morgan fingerprint density at radius 1 is 1.45 bits per heavy atom. The summed E-state index contributed by atoms with van der Waals surface area (Å²) in [5, 5.41) is 11.1. The molecule has 20 heavy (non-hydrogen) atoms. The summed E-state index contributed by atoms with van der Waals surface area (Å²) in [5.41, 5.74) is 2.22. The van der Waals surface area contributed by atoms with Gasteiger partial charge in [0.2, 0.25) is 5.78 Å². The molecular weight excluding hydrogens is 342 g/mol. The Hall–Kier alpha value is -1.40. The Morgan fingerprint density at radius 3 is 2.80 bits per heavy atom. The van der Waals surface area contributed by atoms with Crippen molar-refractivity contribution in [1.29, 1.82) is 0 Å². The summed E-state index contributed by atoms with van der Waals surface area (Å²) in [6.07, 6.45) is 0.555. The first-order chi connectivity index (χ1) is 9.49.